The van der Waals surface area contributed by atoms with Crippen molar-refractivity contribution in [3.8, 4) is 0 Å². The van der Waals surface area contributed by atoms with Gasteiger partial charge in [-0.2, -0.15) is 0 Å². The molecule has 0 spiro atoms. The summed E-state index contributed by atoms with van der Waals surface area (Å²) < 4.78 is 65.6. The number of hydrogen-bond acceptors (Lipinski definition) is 21. The quantitative estimate of drug-likeness (QED) is 0.268. The predicted octanol–water partition coefficient (Wildman–Crippen LogP) is -13.5. The molecule has 0 aromatic heterocycles. The van der Waals surface area contributed by atoms with Gasteiger partial charge in [0.25, 0.3) is 0 Å². The summed E-state index contributed by atoms with van der Waals surface area (Å²) in [6, 6.07) is 0. The Morgan fingerprint density at radius 1 is 0.229 bits per heavy atom. The average Bonchev–Trinajstić information content (AvgIpc) is 2.65. The molecular weight excluding hydrogens is 520 g/mol. The van der Waals surface area contributed by atoms with E-state index in [0.717, 1.165) is 0 Å². The normalized spacial score (nSPS) is 23.1. The van der Waals surface area contributed by atoms with Crippen molar-refractivity contribution < 1.29 is 98.7 Å². The Morgan fingerprint density at radius 2 is 0.343 bits per heavy atom. The standard InChI is InChI=1S/2Al.3B4O7/c;;3*5-1-7-3-9-2(6)10-4(8-1)11-3/q2*+3;3*-2. The van der Waals surface area contributed by atoms with Crippen LogP contribution in [-0.4, -0.2) is 123 Å². The first-order valence-corrected chi connectivity index (χ1v) is 8.49. The molecule has 0 aromatic rings. The summed E-state index contributed by atoms with van der Waals surface area (Å²) in [5, 5.41) is 62.9. The van der Waals surface area contributed by atoms with Crippen LogP contribution in [-0.2, 0) is 68.6 Å². The van der Waals surface area contributed by atoms with Gasteiger partial charge in [-0.15, -0.1) is 0 Å². The number of rotatable bonds is 0. The smallest absolute Gasteiger partial charge is 0.833 e. The van der Waals surface area contributed by atoms with Crippen LogP contribution >= 0.6 is 0 Å². The molecule has 6 rings (SSSR count). The van der Waals surface area contributed by atoms with Crippen molar-refractivity contribution in [1.29, 1.82) is 0 Å². The van der Waals surface area contributed by atoms with Gasteiger partial charge in [0, 0.05) is 0 Å². The SMILES string of the molecule is [Al+3].[Al+3].[O-]B1OB2OB([O-])OB(O1)O2.[O-]B1OB2OB([O-])OB(O1)O2.[O-]B1OB2OB([O-])OB(O1)O2. The average molecular weight is 520 g/mol. The van der Waals surface area contributed by atoms with Crippen molar-refractivity contribution >= 4 is 123 Å². The maximum Gasteiger partial charge on any atom is 3.00 e. The van der Waals surface area contributed by atoms with E-state index in [4.69, 9.17) is 0 Å². The van der Waals surface area contributed by atoms with E-state index in [-0.39, 0.29) is 34.7 Å². The molecule has 6 saturated heterocycles. The fourth-order valence-corrected chi connectivity index (χ4v) is 2.13. The molecule has 0 aromatic carbocycles. The second-order valence-electron chi connectivity index (χ2n) is 5.51. The van der Waals surface area contributed by atoms with E-state index in [2.05, 4.69) is 68.6 Å². The molecule has 35 heavy (non-hydrogen) atoms. The third-order valence-electron chi connectivity index (χ3n) is 3.33. The van der Waals surface area contributed by atoms with Crippen LogP contribution in [0.3, 0.4) is 0 Å². The monoisotopic (exact) mass is 522 g/mol. The first-order chi connectivity index (χ1) is 15.7. The number of hydrogen-bond donors (Lipinski definition) is 0. The maximum absolute atomic E-state index is 10.5. The van der Waals surface area contributed by atoms with Crippen LogP contribution in [0.4, 0.5) is 0 Å². The molecular formula is Al2B12O21. The Morgan fingerprint density at radius 3 is 0.457 bits per heavy atom. The molecule has 0 N–H and O–H groups in total. The van der Waals surface area contributed by atoms with E-state index in [9.17, 15) is 30.1 Å². The topological polar surface area (TPSA) is 277 Å². The Balaban J connectivity index is 0.000000180. The van der Waals surface area contributed by atoms with Crippen LogP contribution in [0.5, 0.6) is 0 Å². The predicted molar refractivity (Wildman–Crippen MR) is 96.8 cm³/mol. The minimum Gasteiger partial charge on any atom is -0.833 e. The second-order valence-corrected chi connectivity index (χ2v) is 5.51. The first-order valence-electron chi connectivity index (χ1n) is 8.49. The zero-order valence-corrected chi connectivity index (χ0v) is 19.0. The fraction of sp³-hybridized carbons (Fsp3) is 0. The third kappa shape index (κ3) is 10.2. The molecule has 35 heteroatoms. The molecule has 6 heterocycles. The van der Waals surface area contributed by atoms with Crippen molar-refractivity contribution in [2.24, 2.45) is 0 Å². The largest absolute Gasteiger partial charge is 3.00 e. The molecule has 6 aliphatic heterocycles. The zero-order chi connectivity index (χ0) is 23.5. The Labute approximate surface area is 221 Å². The van der Waals surface area contributed by atoms with Crippen molar-refractivity contribution in [2.45, 2.75) is 0 Å². The second kappa shape index (κ2) is 15.0. The van der Waals surface area contributed by atoms with E-state index in [1.807, 2.05) is 0 Å². The van der Waals surface area contributed by atoms with Crippen molar-refractivity contribution in [3.05, 3.63) is 0 Å². The molecule has 0 unspecified atom stereocenters. The van der Waals surface area contributed by atoms with Crippen molar-refractivity contribution in [3.63, 3.8) is 0 Å². The van der Waals surface area contributed by atoms with Gasteiger partial charge in [0.15, 0.2) is 0 Å². The van der Waals surface area contributed by atoms with Crippen LogP contribution in [0.1, 0.15) is 0 Å². The van der Waals surface area contributed by atoms with Crippen LogP contribution in [0.15, 0.2) is 0 Å². The van der Waals surface area contributed by atoms with Gasteiger partial charge in [-0.1, -0.05) is 0 Å². The van der Waals surface area contributed by atoms with E-state index >= 15 is 0 Å². The van der Waals surface area contributed by atoms with Gasteiger partial charge in [0.2, 0.25) is 0 Å². The first kappa shape index (κ1) is 32.2. The number of fused-ring (bicyclic) bond motifs is 6. The molecule has 0 radical (unpaired) electrons. The van der Waals surface area contributed by atoms with Gasteiger partial charge < -0.3 is 98.7 Å². The third-order valence-corrected chi connectivity index (χ3v) is 3.33. The summed E-state index contributed by atoms with van der Waals surface area (Å²) in [7, 11) is -18.0. The summed E-state index contributed by atoms with van der Waals surface area (Å²) >= 11 is 0. The maximum atomic E-state index is 10.5. The van der Waals surface area contributed by atoms with E-state index in [1.165, 1.54) is 0 Å². The molecule has 0 amide bonds. The summed E-state index contributed by atoms with van der Waals surface area (Å²) in [5.74, 6) is 0. The molecule has 6 bridgehead atoms. The van der Waals surface area contributed by atoms with E-state index in [1.54, 1.807) is 0 Å². The van der Waals surface area contributed by atoms with Gasteiger partial charge >= 0.3 is 123 Å². The Kier molecular flexibility index (Phi) is 13.8. The molecule has 0 aliphatic carbocycles. The zero-order valence-electron chi connectivity index (χ0n) is 16.7. The van der Waals surface area contributed by atoms with Gasteiger partial charge in [-0.05, 0) is 0 Å². The van der Waals surface area contributed by atoms with E-state index in [0.29, 0.717) is 0 Å². The molecule has 6 aliphatic rings. The summed E-state index contributed by atoms with van der Waals surface area (Å²) in [5.41, 5.74) is 0. The van der Waals surface area contributed by atoms with Crippen LogP contribution in [0.25, 0.3) is 0 Å². The summed E-state index contributed by atoms with van der Waals surface area (Å²) in [4.78, 5) is 0. The molecule has 0 atom stereocenters. The molecule has 0 saturated carbocycles. The van der Waals surface area contributed by atoms with Crippen molar-refractivity contribution in [1.82, 2.24) is 0 Å². The minimum absolute atomic E-state index is 0. The Bertz CT molecular complexity index is 439. The molecule has 6 fully saturated rings. The minimum atomic E-state index is -1.73. The van der Waals surface area contributed by atoms with E-state index < -0.39 is 87.9 Å². The molecule has 168 valence electrons. The van der Waals surface area contributed by atoms with Crippen LogP contribution in [0, 0.1) is 0 Å². The van der Waals surface area contributed by atoms with Gasteiger partial charge in [-0.25, -0.2) is 0 Å². The fourth-order valence-electron chi connectivity index (χ4n) is 2.13. The Hall–Kier alpha value is 1.00. The summed E-state index contributed by atoms with van der Waals surface area (Å²) in [6.07, 6.45) is 0. The van der Waals surface area contributed by atoms with Gasteiger partial charge in [-0.3, -0.25) is 0 Å². The van der Waals surface area contributed by atoms with Crippen LogP contribution < -0.4 is 30.1 Å². The van der Waals surface area contributed by atoms with Gasteiger partial charge in [0.1, 0.15) is 0 Å². The van der Waals surface area contributed by atoms with Crippen molar-refractivity contribution in [2.75, 3.05) is 0 Å². The van der Waals surface area contributed by atoms with Gasteiger partial charge in [0.05, 0.1) is 0 Å². The summed E-state index contributed by atoms with van der Waals surface area (Å²) in [6.45, 7) is 0. The molecule has 21 nitrogen and oxygen atoms in total. The van der Waals surface area contributed by atoms with Crippen LogP contribution in [0.2, 0.25) is 0 Å².